The Hall–Kier alpha value is -2.80. The van der Waals surface area contributed by atoms with Crippen molar-refractivity contribution in [2.24, 2.45) is 0 Å². The number of rotatable bonds is 2. The smallest absolute Gasteiger partial charge is 0.0594 e. The van der Waals surface area contributed by atoms with Crippen molar-refractivity contribution in [3.63, 3.8) is 0 Å². The van der Waals surface area contributed by atoms with Gasteiger partial charge in [0.1, 0.15) is 0 Å². The second-order valence-corrected chi connectivity index (χ2v) is 8.43. The first-order chi connectivity index (χ1) is 13.9. The number of benzene rings is 3. The number of hydrogen-bond donors (Lipinski definition) is 0. The Labute approximate surface area is 166 Å². The highest BCUT2D eigenvalue weighted by atomic mass is 15.1. The lowest BCUT2D eigenvalue weighted by Gasteiger charge is -2.41. The van der Waals surface area contributed by atoms with Gasteiger partial charge < -0.3 is 4.57 Å². The Morgan fingerprint density at radius 3 is 2.14 bits per heavy atom. The van der Waals surface area contributed by atoms with Crippen LogP contribution in [0.15, 0.2) is 84.9 Å². The lowest BCUT2D eigenvalue weighted by atomic mass is 9.70. The van der Waals surface area contributed by atoms with Crippen LogP contribution in [0.4, 0.5) is 0 Å². The highest BCUT2D eigenvalue weighted by Gasteiger charge is 2.40. The van der Waals surface area contributed by atoms with E-state index in [1.807, 2.05) is 0 Å². The molecular weight excluding hydrogens is 338 g/mol. The Balaban J connectivity index is 1.64. The second kappa shape index (κ2) is 6.38. The summed E-state index contributed by atoms with van der Waals surface area (Å²) in [6.45, 7) is 0. The van der Waals surface area contributed by atoms with E-state index in [4.69, 9.17) is 0 Å². The highest BCUT2D eigenvalue weighted by Crippen LogP contribution is 2.54. The van der Waals surface area contributed by atoms with E-state index in [0.29, 0.717) is 17.9 Å². The summed E-state index contributed by atoms with van der Waals surface area (Å²) in [7, 11) is 0. The van der Waals surface area contributed by atoms with E-state index in [1.165, 1.54) is 47.7 Å². The van der Waals surface area contributed by atoms with Gasteiger partial charge in [-0.2, -0.15) is 0 Å². The summed E-state index contributed by atoms with van der Waals surface area (Å²) in [5, 5.41) is 1.48. The minimum atomic E-state index is 0.411. The summed E-state index contributed by atoms with van der Waals surface area (Å²) >= 11 is 0. The number of fused-ring (bicyclic) bond motifs is 3. The molecule has 0 radical (unpaired) electrons. The Kier molecular flexibility index (Phi) is 3.68. The molecule has 2 heterocycles. The first-order valence-corrected chi connectivity index (χ1v) is 10.6. The van der Waals surface area contributed by atoms with Gasteiger partial charge in [-0.15, -0.1) is 0 Å². The van der Waals surface area contributed by atoms with E-state index in [2.05, 4.69) is 89.5 Å². The zero-order valence-electron chi connectivity index (χ0n) is 16.1. The van der Waals surface area contributed by atoms with Crippen LogP contribution < -0.4 is 0 Å². The lowest BCUT2D eigenvalue weighted by Crippen LogP contribution is -2.30. The van der Waals surface area contributed by atoms with E-state index in [9.17, 15) is 0 Å². The quantitative estimate of drug-likeness (QED) is 0.367. The van der Waals surface area contributed by atoms with Crippen LogP contribution in [0.2, 0.25) is 0 Å². The van der Waals surface area contributed by atoms with Crippen molar-refractivity contribution in [3.8, 4) is 0 Å². The molecule has 0 N–H and O–H groups in total. The molecule has 3 aromatic carbocycles. The average molecular weight is 364 g/mol. The molecule has 2 aliphatic rings. The Morgan fingerprint density at radius 2 is 1.36 bits per heavy atom. The van der Waals surface area contributed by atoms with E-state index >= 15 is 0 Å². The fourth-order valence-electron chi connectivity index (χ4n) is 5.92. The molecule has 1 aromatic heterocycles. The molecule has 0 fully saturated rings. The van der Waals surface area contributed by atoms with Crippen molar-refractivity contribution in [2.75, 3.05) is 0 Å². The van der Waals surface area contributed by atoms with Crippen LogP contribution >= 0.6 is 0 Å². The van der Waals surface area contributed by atoms with Gasteiger partial charge in [0.15, 0.2) is 0 Å². The predicted molar refractivity (Wildman–Crippen MR) is 116 cm³/mol. The summed E-state index contributed by atoms with van der Waals surface area (Å²) in [4.78, 5) is 0. The summed E-state index contributed by atoms with van der Waals surface area (Å²) in [5.74, 6) is 1.24. The van der Waals surface area contributed by atoms with Gasteiger partial charge >= 0.3 is 0 Å². The molecule has 0 saturated carbocycles. The third kappa shape index (κ3) is 2.32. The topological polar surface area (TPSA) is 4.93 Å². The Morgan fingerprint density at radius 1 is 0.679 bits per heavy atom. The fraction of sp³-hybridized carbons (Fsp3) is 0.259. The SMILES string of the molecule is c1ccc([C@H]2C[C@H](c3ccccc3)n3c4c(c5ccccc53)CCC[C@@H]42)cc1. The van der Waals surface area contributed by atoms with Crippen LogP contribution in [0.3, 0.4) is 0 Å². The molecule has 0 saturated heterocycles. The first-order valence-electron chi connectivity index (χ1n) is 10.6. The number of hydrogen-bond acceptors (Lipinski definition) is 0. The molecule has 1 aliphatic heterocycles. The first kappa shape index (κ1) is 16.2. The third-order valence-electron chi connectivity index (χ3n) is 7.04. The van der Waals surface area contributed by atoms with Gasteiger partial charge in [-0.25, -0.2) is 0 Å². The number of para-hydroxylation sites is 1. The van der Waals surface area contributed by atoms with Crippen molar-refractivity contribution in [1.82, 2.24) is 4.57 Å². The molecule has 6 rings (SSSR count). The minimum Gasteiger partial charge on any atom is -0.336 e. The summed E-state index contributed by atoms with van der Waals surface area (Å²) in [5.41, 5.74) is 7.63. The van der Waals surface area contributed by atoms with E-state index in [0.717, 1.165) is 0 Å². The number of nitrogens with zero attached hydrogens (tertiary/aromatic N) is 1. The molecule has 0 unspecified atom stereocenters. The second-order valence-electron chi connectivity index (χ2n) is 8.43. The molecule has 3 atom stereocenters. The largest absolute Gasteiger partial charge is 0.336 e. The van der Waals surface area contributed by atoms with Gasteiger partial charge in [0.2, 0.25) is 0 Å². The van der Waals surface area contributed by atoms with Crippen LogP contribution in [0.1, 0.15) is 59.5 Å². The summed E-state index contributed by atoms with van der Waals surface area (Å²) in [6.07, 6.45) is 5.03. The molecule has 28 heavy (non-hydrogen) atoms. The number of aryl methyl sites for hydroxylation is 1. The van der Waals surface area contributed by atoms with Crippen molar-refractivity contribution in [1.29, 1.82) is 0 Å². The summed E-state index contributed by atoms with van der Waals surface area (Å²) < 4.78 is 2.71. The third-order valence-corrected chi connectivity index (χ3v) is 7.04. The Bertz CT molecular complexity index is 1120. The monoisotopic (exact) mass is 363 g/mol. The fourth-order valence-corrected chi connectivity index (χ4v) is 5.92. The van der Waals surface area contributed by atoms with E-state index in [1.54, 1.807) is 11.3 Å². The van der Waals surface area contributed by atoms with Gasteiger partial charge in [0.05, 0.1) is 6.04 Å². The van der Waals surface area contributed by atoms with E-state index < -0.39 is 0 Å². The molecule has 0 spiro atoms. The number of aromatic nitrogens is 1. The van der Waals surface area contributed by atoms with Gasteiger partial charge in [-0.3, -0.25) is 0 Å². The van der Waals surface area contributed by atoms with Crippen molar-refractivity contribution < 1.29 is 0 Å². The highest BCUT2D eigenvalue weighted by molar-refractivity contribution is 5.86. The maximum atomic E-state index is 2.71. The molecule has 1 heteroatoms. The van der Waals surface area contributed by atoms with Gasteiger partial charge in [0.25, 0.3) is 0 Å². The van der Waals surface area contributed by atoms with Crippen molar-refractivity contribution in [3.05, 3.63) is 107 Å². The minimum absolute atomic E-state index is 0.411. The predicted octanol–water partition coefficient (Wildman–Crippen LogP) is 6.84. The van der Waals surface area contributed by atoms with Crippen LogP contribution in [0.5, 0.6) is 0 Å². The van der Waals surface area contributed by atoms with Crippen LogP contribution in [-0.4, -0.2) is 4.57 Å². The van der Waals surface area contributed by atoms with E-state index in [-0.39, 0.29) is 0 Å². The van der Waals surface area contributed by atoms with Gasteiger partial charge in [0, 0.05) is 22.5 Å². The molecular formula is C27H25N. The van der Waals surface area contributed by atoms with Crippen LogP contribution in [0.25, 0.3) is 10.9 Å². The summed E-state index contributed by atoms with van der Waals surface area (Å²) in [6, 6.07) is 31.9. The zero-order valence-corrected chi connectivity index (χ0v) is 16.1. The average Bonchev–Trinajstić information content (AvgIpc) is 3.12. The molecule has 0 bridgehead atoms. The molecule has 1 aliphatic carbocycles. The zero-order chi connectivity index (χ0) is 18.5. The molecule has 4 aromatic rings. The van der Waals surface area contributed by atoms with Crippen molar-refractivity contribution >= 4 is 10.9 Å². The standard InChI is InChI=1S/C27H25N/c1-3-10-19(11-4-1)24-18-26(20-12-5-2-6-13-20)28-25-17-8-7-14-21(25)22-15-9-16-23(24)27(22)28/h1-8,10-14,17,23-24,26H,9,15-16,18H2/t23-,24-,26-/m1/s1. The molecule has 1 nitrogen and oxygen atoms in total. The van der Waals surface area contributed by atoms with Crippen LogP contribution in [0, 0.1) is 0 Å². The maximum Gasteiger partial charge on any atom is 0.0594 e. The maximum absolute atomic E-state index is 2.71. The van der Waals surface area contributed by atoms with Gasteiger partial charge in [-0.1, -0.05) is 78.9 Å². The normalized spacial score (nSPS) is 23.5. The molecule has 138 valence electrons. The molecule has 0 amide bonds. The van der Waals surface area contributed by atoms with Crippen molar-refractivity contribution in [2.45, 2.75) is 43.6 Å². The lowest BCUT2D eigenvalue weighted by molar-refractivity contribution is 0.331. The van der Waals surface area contributed by atoms with Gasteiger partial charge in [-0.05, 0) is 54.4 Å². The van der Waals surface area contributed by atoms with Crippen LogP contribution in [-0.2, 0) is 6.42 Å².